The van der Waals surface area contributed by atoms with Crippen LogP contribution in [0.3, 0.4) is 0 Å². The van der Waals surface area contributed by atoms with Crippen LogP contribution in [0.25, 0.3) is 22.3 Å². The summed E-state index contributed by atoms with van der Waals surface area (Å²) >= 11 is 0. The fraction of sp³-hybridized carbons (Fsp3) is 0.208. The van der Waals surface area contributed by atoms with E-state index in [-0.39, 0.29) is 17.4 Å². The fourth-order valence-electron chi connectivity index (χ4n) is 4.29. The first-order chi connectivity index (χ1) is 15.0. The van der Waals surface area contributed by atoms with Crippen LogP contribution in [0.4, 0.5) is 5.82 Å². The lowest BCUT2D eigenvalue weighted by molar-refractivity contribution is 0.0972. The molecule has 2 aromatic heterocycles. The van der Waals surface area contributed by atoms with E-state index in [1.54, 1.807) is 12.1 Å². The van der Waals surface area contributed by atoms with E-state index in [9.17, 15) is 9.90 Å². The average molecular weight is 414 g/mol. The van der Waals surface area contributed by atoms with Crippen LogP contribution in [0, 0.1) is 6.92 Å². The predicted molar refractivity (Wildman–Crippen MR) is 118 cm³/mol. The lowest BCUT2D eigenvalue weighted by Crippen LogP contribution is -2.22. The van der Waals surface area contributed by atoms with Gasteiger partial charge in [0, 0.05) is 30.0 Å². The van der Waals surface area contributed by atoms with Crippen LogP contribution >= 0.6 is 0 Å². The van der Waals surface area contributed by atoms with E-state index < -0.39 is 5.91 Å². The Balaban J connectivity index is 1.59. The largest absolute Gasteiger partial charge is 0.507 e. The second-order valence-corrected chi connectivity index (χ2v) is 7.91. The maximum absolute atomic E-state index is 11.7. The summed E-state index contributed by atoms with van der Waals surface area (Å²) in [6.45, 7) is 3.48. The smallest absolute Gasteiger partial charge is 0.284 e. The van der Waals surface area contributed by atoms with Crippen LogP contribution in [-0.4, -0.2) is 34.1 Å². The van der Waals surface area contributed by atoms with E-state index in [1.807, 2.05) is 43.3 Å². The van der Waals surface area contributed by atoms with Gasteiger partial charge in [-0.25, -0.2) is 9.97 Å². The van der Waals surface area contributed by atoms with Gasteiger partial charge in [-0.3, -0.25) is 4.79 Å². The molecule has 2 aromatic carbocycles. The van der Waals surface area contributed by atoms with Crippen molar-refractivity contribution in [1.82, 2.24) is 9.97 Å². The summed E-state index contributed by atoms with van der Waals surface area (Å²) in [6.07, 6.45) is 2.36. The molecule has 1 fully saturated rings. The third kappa shape index (κ3) is 3.38. The molecule has 1 saturated heterocycles. The Hall–Kier alpha value is -3.87. The number of hydrogen-bond donors (Lipinski definition) is 2. The van der Waals surface area contributed by atoms with Gasteiger partial charge in [0.15, 0.2) is 11.6 Å². The van der Waals surface area contributed by atoms with Crippen molar-refractivity contribution in [2.24, 2.45) is 5.73 Å². The molecule has 4 aromatic rings. The van der Waals surface area contributed by atoms with Crippen LogP contribution in [-0.2, 0) is 0 Å². The third-order valence-electron chi connectivity index (χ3n) is 5.82. The number of benzene rings is 2. The van der Waals surface area contributed by atoms with Crippen molar-refractivity contribution in [2.45, 2.75) is 19.3 Å². The molecule has 3 N–H and O–H groups in total. The summed E-state index contributed by atoms with van der Waals surface area (Å²) in [7, 11) is 0. The molecule has 3 heterocycles. The first-order valence-corrected chi connectivity index (χ1v) is 10.2. The molecule has 0 saturated carbocycles. The van der Waals surface area contributed by atoms with Gasteiger partial charge in [-0.1, -0.05) is 18.2 Å². The number of carbonyl (C=O) groups excluding carboxylic acids is 1. The van der Waals surface area contributed by atoms with Gasteiger partial charge in [0.05, 0.1) is 17.3 Å². The van der Waals surface area contributed by atoms with Crippen molar-refractivity contribution in [1.29, 1.82) is 0 Å². The zero-order valence-electron chi connectivity index (χ0n) is 17.1. The number of para-hydroxylation sites is 1. The molecule has 1 aliphatic rings. The quantitative estimate of drug-likeness (QED) is 0.523. The van der Waals surface area contributed by atoms with Gasteiger partial charge in [0.2, 0.25) is 0 Å². The second-order valence-electron chi connectivity index (χ2n) is 7.91. The van der Waals surface area contributed by atoms with E-state index in [1.165, 1.54) is 6.26 Å². The number of rotatable bonds is 4. The van der Waals surface area contributed by atoms with Gasteiger partial charge in [-0.15, -0.1) is 0 Å². The van der Waals surface area contributed by atoms with Crippen molar-refractivity contribution in [3.63, 3.8) is 0 Å². The van der Waals surface area contributed by atoms with Crippen LogP contribution in [0.5, 0.6) is 5.75 Å². The van der Waals surface area contributed by atoms with Crippen LogP contribution < -0.4 is 10.6 Å². The molecule has 0 radical (unpaired) electrons. The predicted octanol–water partition coefficient (Wildman–Crippen LogP) is 4.00. The number of furan rings is 1. The van der Waals surface area contributed by atoms with E-state index in [4.69, 9.17) is 20.1 Å². The average Bonchev–Trinajstić information content (AvgIpc) is 3.42. The zero-order chi connectivity index (χ0) is 21.5. The first kappa shape index (κ1) is 19.1. The number of nitrogens with two attached hydrogens (primary N) is 1. The van der Waals surface area contributed by atoms with E-state index >= 15 is 0 Å². The molecule has 7 heteroatoms. The SMILES string of the molecule is Cc1ccc2c(N3CC[C@@H](c4ccoc4C(N)=O)C3)nc(-c3ccccc3O)nc2c1. The standard InChI is InChI=1S/C24H22N4O3/c1-14-6-7-17-19(12-14)26-23(18-4-2-3-5-20(18)29)27-24(17)28-10-8-15(13-28)16-9-11-31-21(16)22(25)30/h2-7,9,11-12,15,29H,8,10,13H2,1H3,(H2,25,30)/t15-/m1/s1. The summed E-state index contributed by atoms with van der Waals surface area (Å²) in [5.74, 6) is 1.23. The Kier molecular flexibility index (Phi) is 4.58. The Morgan fingerprint density at radius 3 is 2.84 bits per heavy atom. The van der Waals surface area contributed by atoms with Crippen molar-refractivity contribution >= 4 is 22.6 Å². The number of aromatic hydroxyl groups is 1. The summed E-state index contributed by atoms with van der Waals surface area (Å²) in [5.41, 5.74) is 8.83. The molecule has 7 nitrogen and oxygen atoms in total. The van der Waals surface area contributed by atoms with Crippen molar-refractivity contribution < 1.29 is 14.3 Å². The van der Waals surface area contributed by atoms with Gasteiger partial charge < -0.3 is 20.2 Å². The van der Waals surface area contributed by atoms with Gasteiger partial charge in [0.25, 0.3) is 5.91 Å². The number of hydrogen-bond acceptors (Lipinski definition) is 6. The Labute approximate surface area is 179 Å². The number of amides is 1. The highest BCUT2D eigenvalue weighted by molar-refractivity contribution is 5.93. The number of aryl methyl sites for hydroxylation is 1. The highest BCUT2D eigenvalue weighted by Crippen LogP contribution is 2.37. The lowest BCUT2D eigenvalue weighted by atomic mass is 9.98. The summed E-state index contributed by atoms with van der Waals surface area (Å²) in [6, 6.07) is 15.0. The first-order valence-electron chi connectivity index (χ1n) is 10.2. The van der Waals surface area contributed by atoms with E-state index in [0.29, 0.717) is 17.9 Å². The van der Waals surface area contributed by atoms with Gasteiger partial charge in [0.1, 0.15) is 11.6 Å². The summed E-state index contributed by atoms with van der Waals surface area (Å²) in [5, 5.41) is 11.3. The Morgan fingerprint density at radius 2 is 2.03 bits per heavy atom. The molecular formula is C24H22N4O3. The highest BCUT2D eigenvalue weighted by Gasteiger charge is 2.30. The molecule has 0 spiro atoms. The zero-order valence-corrected chi connectivity index (χ0v) is 17.1. The highest BCUT2D eigenvalue weighted by atomic mass is 16.3. The number of phenolic OH excluding ortho intramolecular Hbond substituents is 1. The Bertz CT molecular complexity index is 1300. The van der Waals surface area contributed by atoms with Crippen molar-refractivity contribution in [3.05, 3.63) is 71.7 Å². The molecule has 1 amide bonds. The van der Waals surface area contributed by atoms with E-state index in [2.05, 4.69) is 4.90 Å². The second kappa shape index (κ2) is 7.43. The summed E-state index contributed by atoms with van der Waals surface area (Å²) in [4.78, 5) is 23.5. The molecule has 1 aliphatic heterocycles. The van der Waals surface area contributed by atoms with Gasteiger partial charge >= 0.3 is 0 Å². The molecule has 0 aliphatic carbocycles. The number of nitrogens with zero attached hydrogens (tertiary/aromatic N) is 3. The maximum atomic E-state index is 11.7. The maximum Gasteiger partial charge on any atom is 0.284 e. The molecule has 5 rings (SSSR count). The monoisotopic (exact) mass is 414 g/mol. The molecule has 0 bridgehead atoms. The molecule has 156 valence electrons. The van der Waals surface area contributed by atoms with E-state index in [0.717, 1.165) is 40.8 Å². The molecule has 1 atom stereocenters. The molecule has 0 unspecified atom stereocenters. The van der Waals surface area contributed by atoms with Crippen LogP contribution in [0.15, 0.2) is 59.2 Å². The summed E-state index contributed by atoms with van der Waals surface area (Å²) < 4.78 is 5.31. The number of anilines is 1. The number of phenols is 1. The minimum Gasteiger partial charge on any atom is -0.507 e. The lowest BCUT2D eigenvalue weighted by Gasteiger charge is -2.20. The number of fused-ring (bicyclic) bond motifs is 1. The fourth-order valence-corrected chi connectivity index (χ4v) is 4.29. The Morgan fingerprint density at radius 1 is 1.19 bits per heavy atom. The number of aromatic nitrogens is 2. The van der Waals surface area contributed by atoms with Crippen LogP contribution in [0.1, 0.15) is 34.0 Å². The molecule has 31 heavy (non-hydrogen) atoms. The number of primary amides is 1. The topological polar surface area (TPSA) is 105 Å². The minimum atomic E-state index is -0.553. The van der Waals surface area contributed by atoms with Gasteiger partial charge in [-0.2, -0.15) is 0 Å². The van der Waals surface area contributed by atoms with Crippen molar-refractivity contribution in [3.8, 4) is 17.1 Å². The number of carbonyl (C=O) groups is 1. The van der Waals surface area contributed by atoms with Gasteiger partial charge in [-0.05, 0) is 49.2 Å². The van der Waals surface area contributed by atoms with Crippen LogP contribution in [0.2, 0.25) is 0 Å². The molecular weight excluding hydrogens is 392 g/mol. The van der Waals surface area contributed by atoms with Crippen molar-refractivity contribution in [2.75, 3.05) is 18.0 Å². The third-order valence-corrected chi connectivity index (χ3v) is 5.82. The minimum absolute atomic E-state index is 0.116. The normalized spacial score (nSPS) is 16.2.